The summed E-state index contributed by atoms with van der Waals surface area (Å²) in [4.78, 5) is 12.2. The minimum Gasteiger partial charge on any atom is -0.491 e. The molecule has 0 unspecified atom stereocenters. The average Bonchev–Trinajstić information content (AvgIpc) is 2.64. The summed E-state index contributed by atoms with van der Waals surface area (Å²) in [6.45, 7) is 7.39. The second-order valence-corrected chi connectivity index (χ2v) is 9.18. The Labute approximate surface area is 175 Å². The lowest BCUT2D eigenvalue weighted by Gasteiger charge is -2.32. The van der Waals surface area contributed by atoms with Gasteiger partial charge in [0, 0.05) is 24.6 Å². The normalized spacial score (nSPS) is 15.6. The third-order valence-electron chi connectivity index (χ3n) is 5.24. The van der Waals surface area contributed by atoms with Crippen molar-refractivity contribution in [1.82, 2.24) is 9.03 Å². The second-order valence-electron chi connectivity index (χ2n) is 7.10. The Balaban J connectivity index is 2.14. The molecule has 1 aliphatic rings. The molecule has 0 bridgehead atoms. The van der Waals surface area contributed by atoms with E-state index in [1.165, 1.54) is 0 Å². The van der Waals surface area contributed by atoms with Crippen molar-refractivity contribution in [3.05, 3.63) is 41.2 Å². The summed E-state index contributed by atoms with van der Waals surface area (Å²) in [6, 6.07) is 1.97. The van der Waals surface area contributed by atoms with Crippen molar-refractivity contribution >= 4 is 27.7 Å². The zero-order valence-corrected chi connectivity index (χ0v) is 18.0. The van der Waals surface area contributed by atoms with Gasteiger partial charge >= 0.3 is 10.2 Å². The van der Waals surface area contributed by atoms with Gasteiger partial charge in [0.15, 0.2) is 0 Å². The number of nitrogens with one attached hydrogen (secondary N) is 1. The maximum absolute atomic E-state index is 14.5. The van der Waals surface area contributed by atoms with Crippen LogP contribution >= 0.6 is 11.6 Å². The Kier molecular flexibility index (Phi) is 7.64. The van der Waals surface area contributed by atoms with Crippen molar-refractivity contribution < 1.29 is 26.7 Å². The SMILES string of the molecule is C=CCC(CC)(CC)COc1cc(F)c(C(=O)NS(=O)(=O)N2CC(F)C2)cc1Cl. The van der Waals surface area contributed by atoms with Crippen LogP contribution in [0.1, 0.15) is 43.5 Å². The first kappa shape index (κ1) is 23.6. The van der Waals surface area contributed by atoms with Gasteiger partial charge in [-0.15, -0.1) is 6.58 Å². The monoisotopic (exact) mass is 450 g/mol. The molecule has 1 aromatic carbocycles. The molecule has 1 saturated heterocycles. The summed E-state index contributed by atoms with van der Waals surface area (Å²) in [5.41, 5.74) is -0.719. The molecule has 6 nitrogen and oxygen atoms in total. The molecule has 0 aliphatic carbocycles. The van der Waals surface area contributed by atoms with Crippen LogP contribution in [0.2, 0.25) is 5.02 Å². The Morgan fingerprint density at radius 3 is 2.55 bits per heavy atom. The van der Waals surface area contributed by atoms with Crippen molar-refractivity contribution in [3.8, 4) is 5.75 Å². The van der Waals surface area contributed by atoms with E-state index in [0.29, 0.717) is 6.42 Å². The minimum atomic E-state index is -4.24. The van der Waals surface area contributed by atoms with Gasteiger partial charge in [0.05, 0.1) is 17.2 Å². The number of allylic oxidation sites excluding steroid dienone is 1. The van der Waals surface area contributed by atoms with Gasteiger partial charge in [-0.2, -0.15) is 12.7 Å². The number of rotatable bonds is 10. The smallest absolute Gasteiger partial charge is 0.304 e. The lowest BCUT2D eigenvalue weighted by molar-refractivity contribution is 0.0964. The van der Waals surface area contributed by atoms with Crippen molar-refractivity contribution in [2.24, 2.45) is 5.41 Å². The summed E-state index contributed by atoms with van der Waals surface area (Å²) < 4.78 is 59.5. The number of carbonyl (C=O) groups is 1. The van der Waals surface area contributed by atoms with E-state index in [4.69, 9.17) is 16.3 Å². The number of ether oxygens (including phenoxy) is 1. The molecule has 1 aliphatic heterocycles. The van der Waals surface area contributed by atoms with Crippen molar-refractivity contribution in [1.29, 1.82) is 0 Å². The molecule has 1 fully saturated rings. The number of hydrogen-bond acceptors (Lipinski definition) is 4. The highest BCUT2D eigenvalue weighted by Crippen LogP contribution is 2.34. The zero-order chi connectivity index (χ0) is 21.8. The van der Waals surface area contributed by atoms with E-state index < -0.39 is 33.7 Å². The van der Waals surface area contributed by atoms with Crippen LogP contribution in [0.15, 0.2) is 24.8 Å². The standard InChI is InChI=1S/C19H25ClF2N2O4S/c1-4-7-19(5-2,6-3)12-28-17-9-16(22)14(8-15(17)20)18(25)23-29(26,27)24-10-13(21)11-24/h4,8-9,13H,1,5-7,10-12H2,2-3H3,(H,23,25). The van der Waals surface area contributed by atoms with Gasteiger partial charge < -0.3 is 4.74 Å². The highest BCUT2D eigenvalue weighted by atomic mass is 35.5. The van der Waals surface area contributed by atoms with E-state index in [0.717, 1.165) is 29.3 Å². The number of nitrogens with zero attached hydrogens (tertiary/aromatic N) is 1. The lowest BCUT2D eigenvalue weighted by Crippen LogP contribution is -2.56. The molecule has 0 spiro atoms. The molecule has 1 aromatic rings. The van der Waals surface area contributed by atoms with Gasteiger partial charge in [-0.25, -0.2) is 13.5 Å². The fourth-order valence-corrected chi connectivity index (χ4v) is 4.38. The van der Waals surface area contributed by atoms with Crippen molar-refractivity contribution in [3.63, 3.8) is 0 Å². The topological polar surface area (TPSA) is 75.7 Å². The molecule has 0 radical (unpaired) electrons. The second kappa shape index (κ2) is 9.40. The predicted molar refractivity (Wildman–Crippen MR) is 108 cm³/mol. The van der Waals surface area contributed by atoms with Crippen LogP contribution in [0.25, 0.3) is 0 Å². The highest BCUT2D eigenvalue weighted by molar-refractivity contribution is 7.87. The van der Waals surface area contributed by atoms with E-state index in [9.17, 15) is 22.0 Å². The van der Waals surface area contributed by atoms with Gasteiger partial charge in [0.25, 0.3) is 5.91 Å². The predicted octanol–water partition coefficient (Wildman–Crippen LogP) is 3.87. The molecular formula is C19H25ClF2N2O4S. The summed E-state index contributed by atoms with van der Waals surface area (Å²) in [5, 5.41) is -0.0265. The van der Waals surface area contributed by atoms with E-state index in [2.05, 4.69) is 6.58 Å². The highest BCUT2D eigenvalue weighted by Gasteiger charge is 2.37. The summed E-state index contributed by atoms with van der Waals surface area (Å²) >= 11 is 6.13. The minimum absolute atomic E-state index is 0.0265. The van der Waals surface area contributed by atoms with E-state index in [-0.39, 0.29) is 35.9 Å². The molecule has 29 heavy (non-hydrogen) atoms. The maximum Gasteiger partial charge on any atom is 0.304 e. The van der Waals surface area contributed by atoms with Gasteiger partial charge in [-0.1, -0.05) is 31.5 Å². The number of hydrogen-bond donors (Lipinski definition) is 1. The number of amides is 1. The first-order valence-corrected chi connectivity index (χ1v) is 11.1. The van der Waals surface area contributed by atoms with Crippen LogP contribution in [0.3, 0.4) is 0 Å². The van der Waals surface area contributed by atoms with Crippen LogP contribution < -0.4 is 9.46 Å². The van der Waals surface area contributed by atoms with Crippen molar-refractivity contribution in [2.75, 3.05) is 19.7 Å². The first-order chi connectivity index (χ1) is 13.6. The van der Waals surface area contributed by atoms with Gasteiger partial charge in [-0.3, -0.25) is 4.79 Å². The Morgan fingerprint density at radius 1 is 1.41 bits per heavy atom. The van der Waals surface area contributed by atoms with Gasteiger partial charge in [0.2, 0.25) is 0 Å². The third kappa shape index (κ3) is 5.46. The quantitative estimate of drug-likeness (QED) is 0.549. The van der Waals surface area contributed by atoms with Crippen LogP contribution in [-0.4, -0.2) is 44.5 Å². The van der Waals surface area contributed by atoms with Crippen LogP contribution in [0.4, 0.5) is 8.78 Å². The molecule has 0 saturated carbocycles. The molecule has 0 aromatic heterocycles. The van der Waals surface area contributed by atoms with Gasteiger partial charge in [0.1, 0.15) is 17.7 Å². The number of benzene rings is 1. The van der Waals surface area contributed by atoms with E-state index >= 15 is 0 Å². The molecule has 162 valence electrons. The number of alkyl halides is 1. The van der Waals surface area contributed by atoms with Crippen molar-refractivity contribution in [2.45, 2.75) is 39.3 Å². The largest absolute Gasteiger partial charge is 0.491 e. The van der Waals surface area contributed by atoms with Crippen LogP contribution in [0, 0.1) is 11.2 Å². The molecule has 1 N–H and O–H groups in total. The number of carbonyl (C=O) groups excluding carboxylic acids is 1. The molecule has 2 rings (SSSR count). The Hall–Kier alpha value is -1.71. The molecule has 0 atom stereocenters. The fraction of sp³-hybridized carbons (Fsp3) is 0.526. The molecule has 1 heterocycles. The molecule has 1 amide bonds. The van der Waals surface area contributed by atoms with Crippen LogP contribution in [0.5, 0.6) is 5.75 Å². The Morgan fingerprint density at radius 2 is 2.03 bits per heavy atom. The lowest BCUT2D eigenvalue weighted by atomic mass is 9.80. The van der Waals surface area contributed by atoms with E-state index in [1.54, 1.807) is 10.8 Å². The fourth-order valence-electron chi connectivity index (χ4n) is 2.97. The molecular weight excluding hydrogens is 426 g/mol. The average molecular weight is 451 g/mol. The summed E-state index contributed by atoms with van der Waals surface area (Å²) in [5.74, 6) is -2.12. The maximum atomic E-state index is 14.5. The zero-order valence-electron chi connectivity index (χ0n) is 16.4. The summed E-state index contributed by atoms with van der Waals surface area (Å²) in [6.07, 6.45) is 2.89. The van der Waals surface area contributed by atoms with E-state index in [1.807, 2.05) is 13.8 Å². The third-order valence-corrected chi connectivity index (χ3v) is 6.96. The molecule has 10 heteroatoms. The Bertz CT molecular complexity index is 869. The van der Waals surface area contributed by atoms with Crippen LogP contribution in [-0.2, 0) is 10.2 Å². The first-order valence-electron chi connectivity index (χ1n) is 9.26. The summed E-state index contributed by atoms with van der Waals surface area (Å²) in [7, 11) is -4.24. The van der Waals surface area contributed by atoms with Gasteiger partial charge in [-0.05, 0) is 25.3 Å². The number of halogens is 3.